The van der Waals surface area contributed by atoms with Crippen molar-refractivity contribution in [2.45, 2.75) is 25.3 Å². The number of hydrogen-bond donors (Lipinski definition) is 0. The van der Waals surface area contributed by atoms with E-state index >= 15 is 0 Å². The Kier molecular flexibility index (Phi) is 2.50. The predicted molar refractivity (Wildman–Crippen MR) is 64.0 cm³/mol. The van der Waals surface area contributed by atoms with E-state index in [-0.39, 0.29) is 5.25 Å². The Bertz CT molecular complexity index is 549. The molecule has 1 aromatic rings. The number of rotatable bonds is 2. The lowest BCUT2D eigenvalue weighted by atomic mass is 10.1. The Morgan fingerprint density at radius 3 is 2.59 bits per heavy atom. The van der Waals surface area contributed by atoms with E-state index in [1.165, 1.54) is 5.56 Å². The average Bonchev–Trinajstić information content (AvgIpc) is 2.57. The van der Waals surface area contributed by atoms with E-state index in [2.05, 4.69) is 6.07 Å². The summed E-state index contributed by atoms with van der Waals surface area (Å²) in [5.74, 6) is 0. The standard InChI is InChI=1S/C12H15NO3S/c1-9-2-3-10-5-13(6-11(10)4-9)17(14,15)12-7-16-8-12/h2-4,12H,5-8H2,1H3. The quantitative estimate of drug-likeness (QED) is 0.791. The van der Waals surface area contributed by atoms with Gasteiger partial charge in [0.05, 0.1) is 13.2 Å². The first-order valence-electron chi connectivity index (χ1n) is 5.72. The van der Waals surface area contributed by atoms with Crippen molar-refractivity contribution < 1.29 is 13.2 Å². The second-order valence-electron chi connectivity index (χ2n) is 4.74. The molecule has 1 aromatic carbocycles. The lowest BCUT2D eigenvalue weighted by Gasteiger charge is -2.29. The molecule has 4 nitrogen and oxygen atoms in total. The number of sulfonamides is 1. The molecule has 0 spiro atoms. The molecule has 0 aromatic heterocycles. The van der Waals surface area contributed by atoms with Crippen molar-refractivity contribution in [1.29, 1.82) is 0 Å². The molecule has 0 unspecified atom stereocenters. The number of benzene rings is 1. The van der Waals surface area contributed by atoms with E-state index < -0.39 is 10.0 Å². The zero-order chi connectivity index (χ0) is 12.0. The summed E-state index contributed by atoms with van der Waals surface area (Å²) in [6.45, 7) is 3.73. The van der Waals surface area contributed by atoms with Crippen LogP contribution in [0.2, 0.25) is 0 Å². The van der Waals surface area contributed by atoms with Crippen molar-refractivity contribution in [2.75, 3.05) is 13.2 Å². The summed E-state index contributed by atoms with van der Waals surface area (Å²) in [5, 5.41) is -0.335. The third kappa shape index (κ3) is 1.78. The Hall–Kier alpha value is -0.910. The molecule has 5 heteroatoms. The van der Waals surface area contributed by atoms with Crippen LogP contribution in [0.15, 0.2) is 18.2 Å². The first kappa shape index (κ1) is 11.2. The molecule has 0 N–H and O–H groups in total. The van der Waals surface area contributed by atoms with Gasteiger partial charge in [-0.1, -0.05) is 23.8 Å². The molecule has 2 aliphatic heterocycles. The number of nitrogens with zero attached hydrogens (tertiary/aromatic N) is 1. The smallest absolute Gasteiger partial charge is 0.222 e. The van der Waals surface area contributed by atoms with Gasteiger partial charge in [0.2, 0.25) is 10.0 Å². The Morgan fingerprint density at radius 1 is 1.24 bits per heavy atom. The van der Waals surface area contributed by atoms with Crippen LogP contribution in [0, 0.1) is 6.92 Å². The van der Waals surface area contributed by atoms with Gasteiger partial charge < -0.3 is 4.74 Å². The average molecular weight is 253 g/mol. The molecule has 1 fully saturated rings. The fourth-order valence-corrected chi connectivity index (χ4v) is 3.86. The summed E-state index contributed by atoms with van der Waals surface area (Å²) in [7, 11) is -3.17. The van der Waals surface area contributed by atoms with E-state index in [0.29, 0.717) is 26.3 Å². The predicted octanol–water partition coefficient (Wildman–Crippen LogP) is 1.04. The zero-order valence-corrected chi connectivity index (χ0v) is 10.5. The van der Waals surface area contributed by atoms with Gasteiger partial charge in [-0.15, -0.1) is 0 Å². The maximum absolute atomic E-state index is 12.2. The Labute approximate surface area is 101 Å². The van der Waals surface area contributed by atoms with Crippen molar-refractivity contribution >= 4 is 10.0 Å². The second-order valence-corrected chi connectivity index (χ2v) is 6.96. The fourth-order valence-electron chi connectivity index (χ4n) is 2.27. The van der Waals surface area contributed by atoms with Gasteiger partial charge in [0, 0.05) is 13.1 Å². The lowest BCUT2D eigenvalue weighted by Crippen LogP contribution is -2.47. The summed E-state index contributed by atoms with van der Waals surface area (Å²) < 4.78 is 31.0. The van der Waals surface area contributed by atoms with Crippen molar-refractivity contribution in [3.63, 3.8) is 0 Å². The number of aryl methyl sites for hydroxylation is 1. The molecule has 17 heavy (non-hydrogen) atoms. The molecule has 0 amide bonds. The Balaban J connectivity index is 1.86. The van der Waals surface area contributed by atoms with Crippen LogP contribution < -0.4 is 0 Å². The van der Waals surface area contributed by atoms with Crippen LogP contribution >= 0.6 is 0 Å². The summed E-state index contributed by atoms with van der Waals surface area (Å²) in [5.41, 5.74) is 3.43. The highest BCUT2D eigenvalue weighted by Gasteiger charge is 2.39. The third-order valence-corrected chi connectivity index (χ3v) is 5.54. The first-order chi connectivity index (χ1) is 8.07. The second kappa shape index (κ2) is 3.80. The van der Waals surface area contributed by atoms with Gasteiger partial charge in [-0.05, 0) is 18.1 Å². The van der Waals surface area contributed by atoms with E-state index in [1.54, 1.807) is 4.31 Å². The molecule has 0 aliphatic carbocycles. The van der Waals surface area contributed by atoms with Crippen molar-refractivity contribution in [2.24, 2.45) is 0 Å². The van der Waals surface area contributed by atoms with Crippen molar-refractivity contribution in [3.05, 3.63) is 34.9 Å². The highest BCUT2D eigenvalue weighted by atomic mass is 32.2. The molecule has 0 bridgehead atoms. The largest absolute Gasteiger partial charge is 0.378 e. The molecular weight excluding hydrogens is 238 g/mol. The molecule has 0 atom stereocenters. The zero-order valence-electron chi connectivity index (χ0n) is 9.72. The van der Waals surface area contributed by atoms with Gasteiger partial charge in [0.1, 0.15) is 5.25 Å². The molecule has 1 saturated heterocycles. The highest BCUT2D eigenvalue weighted by Crippen LogP contribution is 2.29. The number of ether oxygens (including phenoxy) is 1. The van der Waals surface area contributed by atoms with Crippen molar-refractivity contribution in [1.82, 2.24) is 4.31 Å². The monoisotopic (exact) mass is 253 g/mol. The van der Waals surface area contributed by atoms with Gasteiger partial charge in [-0.25, -0.2) is 8.42 Å². The summed E-state index contributed by atoms with van der Waals surface area (Å²) in [4.78, 5) is 0. The molecular formula is C12H15NO3S. The van der Waals surface area contributed by atoms with E-state index in [1.807, 2.05) is 19.1 Å². The highest BCUT2D eigenvalue weighted by molar-refractivity contribution is 7.89. The third-order valence-electron chi connectivity index (χ3n) is 3.44. The van der Waals surface area contributed by atoms with E-state index in [0.717, 1.165) is 11.1 Å². The van der Waals surface area contributed by atoms with Crippen LogP contribution in [0.1, 0.15) is 16.7 Å². The minimum Gasteiger partial charge on any atom is -0.378 e. The maximum Gasteiger partial charge on any atom is 0.222 e. The van der Waals surface area contributed by atoms with E-state index in [9.17, 15) is 8.42 Å². The number of fused-ring (bicyclic) bond motifs is 1. The topological polar surface area (TPSA) is 46.6 Å². The van der Waals surface area contributed by atoms with Crippen LogP contribution in [0.3, 0.4) is 0 Å². The molecule has 0 radical (unpaired) electrons. The SMILES string of the molecule is Cc1ccc2c(c1)CN(S(=O)(=O)C1COC1)C2. The molecule has 0 saturated carbocycles. The minimum atomic E-state index is -3.17. The summed E-state index contributed by atoms with van der Waals surface area (Å²) >= 11 is 0. The summed E-state index contributed by atoms with van der Waals surface area (Å²) in [6.07, 6.45) is 0. The normalized spacial score (nSPS) is 21.2. The van der Waals surface area contributed by atoms with Gasteiger partial charge in [-0.3, -0.25) is 0 Å². The molecule has 2 aliphatic rings. The minimum absolute atomic E-state index is 0.335. The van der Waals surface area contributed by atoms with Gasteiger partial charge in [-0.2, -0.15) is 4.31 Å². The lowest BCUT2D eigenvalue weighted by molar-refractivity contribution is 0.0391. The van der Waals surface area contributed by atoms with Gasteiger partial charge in [0.15, 0.2) is 0 Å². The van der Waals surface area contributed by atoms with Gasteiger partial charge in [0.25, 0.3) is 0 Å². The molecule has 92 valence electrons. The summed E-state index contributed by atoms with van der Waals surface area (Å²) in [6, 6.07) is 6.13. The van der Waals surface area contributed by atoms with E-state index in [4.69, 9.17) is 4.74 Å². The van der Waals surface area contributed by atoms with Crippen LogP contribution in [-0.2, 0) is 27.8 Å². The molecule has 3 rings (SSSR count). The molecule has 2 heterocycles. The van der Waals surface area contributed by atoms with Crippen LogP contribution in [0.25, 0.3) is 0 Å². The fraction of sp³-hybridized carbons (Fsp3) is 0.500. The maximum atomic E-state index is 12.2. The van der Waals surface area contributed by atoms with Crippen molar-refractivity contribution in [3.8, 4) is 0 Å². The first-order valence-corrected chi connectivity index (χ1v) is 7.23. The van der Waals surface area contributed by atoms with Crippen LogP contribution in [0.5, 0.6) is 0 Å². The van der Waals surface area contributed by atoms with Crippen LogP contribution in [0.4, 0.5) is 0 Å². The Morgan fingerprint density at radius 2 is 1.94 bits per heavy atom. The number of hydrogen-bond acceptors (Lipinski definition) is 3. The van der Waals surface area contributed by atoms with Crippen LogP contribution in [-0.4, -0.2) is 31.2 Å². The van der Waals surface area contributed by atoms with Gasteiger partial charge >= 0.3 is 0 Å².